The second-order valence-electron chi connectivity index (χ2n) is 5.58. The van der Waals surface area contributed by atoms with Gasteiger partial charge in [-0.15, -0.1) is 0 Å². The van der Waals surface area contributed by atoms with Gasteiger partial charge in [0.2, 0.25) is 0 Å². The minimum absolute atomic E-state index is 0.368. The van der Waals surface area contributed by atoms with Crippen molar-refractivity contribution in [3.63, 3.8) is 0 Å². The lowest BCUT2D eigenvalue weighted by molar-refractivity contribution is 0.377. The van der Waals surface area contributed by atoms with Gasteiger partial charge in [-0.1, -0.05) is 54.9 Å². The molecule has 1 unspecified atom stereocenters. The van der Waals surface area contributed by atoms with Crippen LogP contribution in [0.25, 0.3) is 0 Å². The van der Waals surface area contributed by atoms with E-state index in [9.17, 15) is 0 Å². The van der Waals surface area contributed by atoms with Crippen molar-refractivity contribution in [2.24, 2.45) is 5.41 Å². The maximum atomic E-state index is 3.78. The van der Waals surface area contributed by atoms with Crippen molar-refractivity contribution in [2.45, 2.75) is 45.9 Å². The first kappa shape index (κ1) is 12.8. The molecule has 0 saturated carbocycles. The lowest BCUT2D eigenvalue weighted by atomic mass is 9.88. The molecule has 0 amide bonds. The van der Waals surface area contributed by atoms with E-state index < -0.39 is 0 Å². The summed E-state index contributed by atoms with van der Waals surface area (Å²) >= 11 is 3.78. The van der Waals surface area contributed by atoms with Gasteiger partial charge in [0.1, 0.15) is 0 Å². The third-order valence-electron chi connectivity index (χ3n) is 2.68. The highest BCUT2D eigenvalue weighted by molar-refractivity contribution is 9.09. The van der Waals surface area contributed by atoms with Crippen molar-refractivity contribution in [3.05, 3.63) is 34.9 Å². The molecule has 1 rings (SSSR count). The first-order chi connectivity index (χ1) is 6.79. The predicted molar refractivity (Wildman–Crippen MR) is 71.7 cm³/mol. The Labute approximate surface area is 102 Å². The van der Waals surface area contributed by atoms with Crippen molar-refractivity contribution in [1.82, 2.24) is 0 Å². The number of hydrogen-bond acceptors (Lipinski definition) is 0. The van der Waals surface area contributed by atoms with Gasteiger partial charge in [-0.25, -0.2) is 0 Å². The molecule has 0 nitrogen and oxygen atoms in total. The Morgan fingerprint density at radius 2 is 1.73 bits per heavy atom. The van der Waals surface area contributed by atoms with E-state index in [1.165, 1.54) is 16.7 Å². The van der Waals surface area contributed by atoms with E-state index in [4.69, 9.17) is 0 Å². The second-order valence-corrected chi connectivity index (χ2v) is 6.68. The van der Waals surface area contributed by atoms with Crippen LogP contribution in [0.15, 0.2) is 18.2 Å². The van der Waals surface area contributed by atoms with Gasteiger partial charge in [-0.05, 0) is 42.4 Å². The summed E-state index contributed by atoms with van der Waals surface area (Å²) in [6, 6.07) is 6.73. The molecule has 0 aliphatic rings. The van der Waals surface area contributed by atoms with Crippen LogP contribution in [0.2, 0.25) is 0 Å². The Morgan fingerprint density at radius 1 is 1.13 bits per heavy atom. The Bertz CT molecular complexity index is 334. The summed E-state index contributed by atoms with van der Waals surface area (Å²) in [5, 5.41) is 0. The van der Waals surface area contributed by atoms with Gasteiger partial charge in [0.15, 0.2) is 0 Å². The second kappa shape index (κ2) is 4.69. The molecule has 1 aromatic carbocycles. The molecule has 0 aromatic heterocycles. The summed E-state index contributed by atoms with van der Waals surface area (Å²) in [6.45, 7) is 11.2. The highest BCUT2D eigenvalue weighted by Crippen LogP contribution is 2.35. The van der Waals surface area contributed by atoms with Gasteiger partial charge < -0.3 is 0 Å². The molecule has 0 spiro atoms. The van der Waals surface area contributed by atoms with Gasteiger partial charge >= 0.3 is 0 Å². The maximum Gasteiger partial charge on any atom is 0.0400 e. The SMILES string of the molecule is Cc1ccc(C(Br)CC(C)(C)C)cc1C. The molecule has 0 N–H and O–H groups in total. The van der Waals surface area contributed by atoms with Gasteiger partial charge in [-0.2, -0.15) is 0 Å². The van der Waals surface area contributed by atoms with Crippen LogP contribution in [-0.2, 0) is 0 Å². The topological polar surface area (TPSA) is 0 Å². The standard InChI is InChI=1S/C14H21Br/c1-10-6-7-12(8-11(10)2)13(15)9-14(3,4)5/h6-8,13H,9H2,1-5H3. The molecule has 0 aliphatic carbocycles. The van der Waals surface area contributed by atoms with Crippen LogP contribution in [0.5, 0.6) is 0 Å². The van der Waals surface area contributed by atoms with Gasteiger partial charge in [-0.3, -0.25) is 0 Å². The quantitative estimate of drug-likeness (QED) is 0.649. The van der Waals surface area contributed by atoms with Crippen molar-refractivity contribution >= 4 is 15.9 Å². The molecular formula is C14H21Br. The zero-order valence-electron chi connectivity index (χ0n) is 10.4. The van der Waals surface area contributed by atoms with Crippen LogP contribution >= 0.6 is 15.9 Å². The fourth-order valence-corrected chi connectivity index (χ4v) is 2.87. The summed E-state index contributed by atoms with van der Waals surface area (Å²) in [4.78, 5) is 0.469. The van der Waals surface area contributed by atoms with Crippen LogP contribution in [0.1, 0.15) is 48.7 Å². The number of aryl methyl sites for hydroxylation is 2. The van der Waals surface area contributed by atoms with E-state index in [1.807, 2.05) is 0 Å². The Kier molecular flexibility index (Phi) is 3.99. The number of rotatable bonds is 2. The molecule has 1 atom stereocenters. The van der Waals surface area contributed by atoms with Crippen LogP contribution < -0.4 is 0 Å². The summed E-state index contributed by atoms with van der Waals surface area (Å²) < 4.78 is 0. The third kappa shape index (κ3) is 3.98. The van der Waals surface area contributed by atoms with E-state index >= 15 is 0 Å². The Balaban J connectivity index is 2.83. The smallest absolute Gasteiger partial charge is 0.0400 e. The van der Waals surface area contributed by atoms with Crippen LogP contribution in [0.4, 0.5) is 0 Å². The molecule has 0 heterocycles. The Hall–Kier alpha value is -0.300. The molecule has 84 valence electrons. The maximum absolute atomic E-state index is 3.78. The zero-order chi connectivity index (χ0) is 11.6. The fourth-order valence-electron chi connectivity index (χ4n) is 1.61. The molecule has 0 bridgehead atoms. The van der Waals surface area contributed by atoms with E-state index in [0.717, 1.165) is 6.42 Å². The molecule has 0 radical (unpaired) electrons. The monoisotopic (exact) mass is 268 g/mol. The van der Waals surface area contributed by atoms with Crippen LogP contribution in [0, 0.1) is 19.3 Å². The molecule has 15 heavy (non-hydrogen) atoms. The normalized spacial score (nSPS) is 14.0. The average molecular weight is 269 g/mol. The van der Waals surface area contributed by atoms with Crippen LogP contribution in [0.3, 0.4) is 0 Å². The highest BCUT2D eigenvalue weighted by Gasteiger charge is 2.17. The van der Waals surface area contributed by atoms with Crippen molar-refractivity contribution in [2.75, 3.05) is 0 Å². The van der Waals surface area contributed by atoms with E-state index in [0.29, 0.717) is 10.2 Å². The van der Waals surface area contributed by atoms with Crippen molar-refractivity contribution in [1.29, 1.82) is 0 Å². The first-order valence-corrected chi connectivity index (χ1v) is 6.42. The highest BCUT2D eigenvalue weighted by atomic mass is 79.9. The summed E-state index contributed by atoms with van der Waals surface area (Å²) in [5.74, 6) is 0. The van der Waals surface area contributed by atoms with Crippen molar-refractivity contribution in [3.8, 4) is 0 Å². The minimum atomic E-state index is 0.368. The molecule has 0 fully saturated rings. The largest absolute Gasteiger partial charge is 0.0839 e. The predicted octanol–water partition coefficient (Wildman–Crippen LogP) is 5.18. The summed E-state index contributed by atoms with van der Waals surface area (Å²) in [7, 11) is 0. The average Bonchev–Trinajstić information content (AvgIpc) is 2.06. The van der Waals surface area contributed by atoms with E-state index in [1.54, 1.807) is 0 Å². The zero-order valence-corrected chi connectivity index (χ0v) is 12.0. The summed E-state index contributed by atoms with van der Waals surface area (Å²) in [5.41, 5.74) is 4.51. The third-order valence-corrected chi connectivity index (χ3v) is 3.54. The number of alkyl halides is 1. The van der Waals surface area contributed by atoms with E-state index in [-0.39, 0.29) is 0 Å². The Morgan fingerprint density at radius 3 is 2.20 bits per heavy atom. The first-order valence-electron chi connectivity index (χ1n) is 5.51. The van der Waals surface area contributed by atoms with E-state index in [2.05, 4.69) is 68.7 Å². The summed E-state index contributed by atoms with van der Waals surface area (Å²) in [6.07, 6.45) is 1.16. The number of hydrogen-bond donors (Lipinski definition) is 0. The fraction of sp³-hybridized carbons (Fsp3) is 0.571. The number of benzene rings is 1. The minimum Gasteiger partial charge on any atom is -0.0839 e. The number of halogens is 1. The lowest BCUT2D eigenvalue weighted by Gasteiger charge is -2.22. The van der Waals surface area contributed by atoms with Crippen LogP contribution in [-0.4, -0.2) is 0 Å². The molecular weight excluding hydrogens is 248 g/mol. The molecule has 0 aliphatic heterocycles. The molecule has 1 heteroatoms. The molecule has 0 saturated heterocycles. The molecule has 1 aromatic rings. The van der Waals surface area contributed by atoms with Gasteiger partial charge in [0.05, 0.1) is 0 Å². The lowest BCUT2D eigenvalue weighted by Crippen LogP contribution is -2.08. The van der Waals surface area contributed by atoms with Gasteiger partial charge in [0, 0.05) is 4.83 Å². The van der Waals surface area contributed by atoms with Gasteiger partial charge in [0.25, 0.3) is 0 Å². The van der Waals surface area contributed by atoms with Crippen molar-refractivity contribution < 1.29 is 0 Å².